The molecule has 0 spiro atoms. The Morgan fingerprint density at radius 3 is 2.20 bits per heavy atom. The maximum atomic E-state index is 6.01. The molecule has 1 atom stereocenters. The topological polar surface area (TPSA) is 38.5 Å². The molecule has 2 rings (SSSR count). The molecule has 1 aromatic rings. The van der Waals surface area contributed by atoms with Crippen LogP contribution in [0.5, 0.6) is 0 Å². The van der Waals surface area contributed by atoms with Gasteiger partial charge < -0.3 is 0 Å². The van der Waals surface area contributed by atoms with E-state index in [9.17, 15) is 0 Å². The van der Waals surface area contributed by atoms with Gasteiger partial charge in [-0.15, -0.1) is 0 Å². The van der Waals surface area contributed by atoms with E-state index < -0.39 is 18.4 Å². The fourth-order valence-corrected chi connectivity index (χ4v) is 24.1. The van der Waals surface area contributed by atoms with Crippen LogP contribution < -0.4 is 13.5 Å². The molecule has 1 saturated heterocycles. The number of hydrogen-bond acceptors (Lipinski definition) is 4. The summed E-state index contributed by atoms with van der Waals surface area (Å²) in [5.41, 5.74) is 6.01. The van der Waals surface area contributed by atoms with Gasteiger partial charge >= 0.3 is 164 Å². The average Bonchev–Trinajstić information content (AvgIpc) is 3.12. The molecule has 3 nitrogen and oxygen atoms in total. The predicted molar refractivity (Wildman–Crippen MR) is 115 cm³/mol. The Balaban J connectivity index is 2.22. The molecule has 1 aliphatic heterocycles. The number of ether oxygens (including phenoxy) is 1. The van der Waals surface area contributed by atoms with E-state index in [1.54, 1.807) is 13.3 Å². The minimum atomic E-state index is -2.26. The molecule has 0 saturated carbocycles. The number of unbranched alkanes of at least 4 members (excludes halogenated alkanes) is 3. The average molecular weight is 473 g/mol. The van der Waals surface area contributed by atoms with Crippen LogP contribution in [0.4, 0.5) is 5.00 Å². The maximum absolute atomic E-state index is 6.01. The zero-order chi connectivity index (χ0) is 18.1. The summed E-state index contributed by atoms with van der Waals surface area (Å²) >= 11 is -0.155. The third-order valence-electron chi connectivity index (χ3n) is 5.55. The molecule has 1 unspecified atom stereocenters. The Morgan fingerprint density at radius 1 is 1.08 bits per heavy atom. The van der Waals surface area contributed by atoms with Crippen LogP contribution in [-0.2, 0) is 4.74 Å². The van der Waals surface area contributed by atoms with E-state index >= 15 is 0 Å². The molecule has 144 valence electrons. The van der Waals surface area contributed by atoms with Crippen molar-refractivity contribution in [3.05, 3.63) is 12.1 Å². The van der Waals surface area contributed by atoms with Gasteiger partial charge in [-0.1, -0.05) is 0 Å². The summed E-state index contributed by atoms with van der Waals surface area (Å²) in [6.45, 7) is 9.63. The molecule has 1 fully saturated rings. The zero-order valence-corrected chi connectivity index (χ0v) is 20.2. The Hall–Kier alpha value is 0.219. The van der Waals surface area contributed by atoms with Crippen molar-refractivity contribution in [3.63, 3.8) is 0 Å². The number of thiophene rings is 1. The van der Waals surface area contributed by atoms with Crippen LogP contribution in [0.25, 0.3) is 0 Å². The van der Waals surface area contributed by atoms with Crippen molar-refractivity contribution in [3.8, 4) is 0 Å². The van der Waals surface area contributed by atoms with Crippen molar-refractivity contribution in [2.24, 2.45) is 5.73 Å². The summed E-state index contributed by atoms with van der Waals surface area (Å²) < 4.78 is 12.0. The Morgan fingerprint density at radius 2 is 1.68 bits per heavy atom. The van der Waals surface area contributed by atoms with Gasteiger partial charge in [-0.3, -0.25) is 0 Å². The van der Waals surface area contributed by atoms with Gasteiger partial charge in [0, 0.05) is 0 Å². The molecule has 2 N–H and O–H groups in total. The van der Waals surface area contributed by atoms with Gasteiger partial charge in [-0.2, -0.15) is 0 Å². The molecule has 1 aliphatic rings. The molecular weight excluding hydrogens is 435 g/mol. The zero-order valence-electron chi connectivity index (χ0n) is 16.6. The van der Waals surface area contributed by atoms with E-state index in [2.05, 4.69) is 49.1 Å². The first-order chi connectivity index (χ1) is 12.1. The summed E-state index contributed by atoms with van der Waals surface area (Å²) in [6.07, 6.45) is 8.18. The third-order valence-corrected chi connectivity index (χ3v) is 25.0. The van der Waals surface area contributed by atoms with Gasteiger partial charge in [0.25, 0.3) is 0 Å². The third kappa shape index (κ3) is 6.11. The monoisotopic (exact) mass is 474 g/mol. The van der Waals surface area contributed by atoms with E-state index in [1.165, 1.54) is 43.5 Å². The first-order valence-electron chi connectivity index (χ1n) is 10.4. The Bertz CT molecular complexity index is 472. The standard InChI is InChI=1S/C8H11N2OS.3C4H9.Sn/c9-7-6-10(3-4-11-7)8-2-1-5-12-8;3*1-3-4-2;/h1-2,7H,3-4,6,9H2;3*1,3-4H2,2H3;. The summed E-state index contributed by atoms with van der Waals surface area (Å²) in [4.78, 5) is 2.44. The summed E-state index contributed by atoms with van der Waals surface area (Å²) in [7, 11) is 0. The molecule has 5 heteroatoms. The van der Waals surface area contributed by atoms with E-state index in [0.717, 1.165) is 19.7 Å². The molecule has 1 aromatic heterocycles. The number of hydrogen-bond donors (Lipinski definition) is 1. The van der Waals surface area contributed by atoms with Crippen LogP contribution in [0.3, 0.4) is 0 Å². The van der Waals surface area contributed by atoms with Crippen LogP contribution in [-0.4, -0.2) is 44.3 Å². The predicted octanol–water partition coefficient (Wildman–Crippen LogP) is 4.93. The number of morpholine rings is 1. The number of rotatable bonds is 11. The number of nitrogens with two attached hydrogens (primary N) is 1. The van der Waals surface area contributed by atoms with Gasteiger partial charge in [0.15, 0.2) is 0 Å². The van der Waals surface area contributed by atoms with Crippen molar-refractivity contribution in [1.29, 1.82) is 0 Å². The normalized spacial score (nSPS) is 18.7. The van der Waals surface area contributed by atoms with Crippen LogP contribution in [0.2, 0.25) is 13.3 Å². The summed E-state index contributed by atoms with van der Waals surface area (Å²) in [5, 5.41) is 1.43. The second-order valence-electron chi connectivity index (χ2n) is 7.58. The van der Waals surface area contributed by atoms with E-state index in [0.29, 0.717) is 0 Å². The molecule has 0 amide bonds. The van der Waals surface area contributed by atoms with Gasteiger partial charge in [-0.05, 0) is 0 Å². The van der Waals surface area contributed by atoms with Crippen molar-refractivity contribution in [1.82, 2.24) is 0 Å². The molecule has 0 radical (unpaired) electrons. The van der Waals surface area contributed by atoms with E-state index in [1.807, 2.05) is 2.89 Å². The van der Waals surface area contributed by atoms with Gasteiger partial charge in [-0.25, -0.2) is 0 Å². The van der Waals surface area contributed by atoms with Crippen molar-refractivity contribution in [2.45, 2.75) is 78.8 Å². The van der Waals surface area contributed by atoms with E-state index in [4.69, 9.17) is 10.5 Å². The fourth-order valence-electron chi connectivity index (χ4n) is 3.95. The van der Waals surface area contributed by atoms with Gasteiger partial charge in [0.2, 0.25) is 0 Å². The summed E-state index contributed by atoms with van der Waals surface area (Å²) in [6, 6.07) is 4.89. The Labute approximate surface area is 163 Å². The van der Waals surface area contributed by atoms with Crippen LogP contribution in [0.1, 0.15) is 59.3 Å². The minimum absolute atomic E-state index is 0.132. The Kier molecular flexibility index (Phi) is 9.60. The van der Waals surface area contributed by atoms with Crippen molar-refractivity contribution < 1.29 is 4.74 Å². The van der Waals surface area contributed by atoms with Gasteiger partial charge in [0.1, 0.15) is 0 Å². The molecule has 0 bridgehead atoms. The fraction of sp³-hybridized carbons (Fsp3) is 0.800. The first kappa shape index (κ1) is 21.5. The number of anilines is 1. The molecule has 0 aromatic carbocycles. The molecular formula is C20H38N2OSSn. The molecule has 0 aliphatic carbocycles. The summed E-state index contributed by atoms with van der Waals surface area (Å²) in [5.74, 6) is 0. The second kappa shape index (κ2) is 11.2. The molecule has 2 heterocycles. The van der Waals surface area contributed by atoms with Crippen molar-refractivity contribution >= 4 is 37.6 Å². The van der Waals surface area contributed by atoms with Gasteiger partial charge in [0.05, 0.1) is 0 Å². The van der Waals surface area contributed by atoms with E-state index in [-0.39, 0.29) is 6.23 Å². The number of nitrogens with zero attached hydrogens (tertiary/aromatic N) is 1. The SMILES string of the molecule is CCC[CH2][Sn]([CH2]CCC)([CH2]CCC)[c]1ccc(N2CCOC(N)C2)s1. The van der Waals surface area contributed by atoms with Crippen LogP contribution in [0.15, 0.2) is 12.1 Å². The second-order valence-corrected chi connectivity index (χ2v) is 22.8. The first-order valence-corrected chi connectivity index (χ1v) is 18.7. The molecule has 25 heavy (non-hydrogen) atoms. The van der Waals surface area contributed by atoms with Crippen molar-refractivity contribution in [2.75, 3.05) is 24.6 Å². The van der Waals surface area contributed by atoms with Crippen LogP contribution >= 0.6 is 11.3 Å². The quantitative estimate of drug-likeness (QED) is 0.464. The van der Waals surface area contributed by atoms with Crippen LogP contribution in [0, 0.1) is 0 Å².